The van der Waals surface area contributed by atoms with Crippen molar-refractivity contribution in [2.45, 2.75) is 52.2 Å². The Morgan fingerprint density at radius 2 is 1.95 bits per heavy atom. The van der Waals surface area contributed by atoms with Crippen molar-refractivity contribution in [3.05, 3.63) is 33.8 Å². The smallest absolute Gasteiger partial charge is 0.160 e. The summed E-state index contributed by atoms with van der Waals surface area (Å²) in [4.78, 5) is 0. The van der Waals surface area contributed by atoms with E-state index in [0.29, 0.717) is 28.1 Å². The van der Waals surface area contributed by atoms with Crippen LogP contribution in [0.1, 0.15) is 52.2 Å². The van der Waals surface area contributed by atoms with Crippen LogP contribution in [0.4, 0.5) is 0 Å². The van der Waals surface area contributed by atoms with Crippen LogP contribution in [0.2, 0.25) is 10.0 Å². The zero-order valence-electron chi connectivity index (χ0n) is 13.0. The van der Waals surface area contributed by atoms with Gasteiger partial charge in [0.2, 0.25) is 0 Å². The predicted octanol–water partition coefficient (Wildman–Crippen LogP) is 5.57. The van der Waals surface area contributed by atoms with Crippen molar-refractivity contribution >= 4 is 40.5 Å². The highest BCUT2D eigenvalue weighted by Crippen LogP contribution is 2.28. The standard InChI is InChI=1S/C16H23Cl2NOS/c1-5-15(21)20-14(10-19-16(3,4)6-2)11-7-8-12(17)13(18)9-11/h7-9,14,19H,5-6,10H2,1-4H3. The maximum Gasteiger partial charge on any atom is 0.160 e. The maximum atomic E-state index is 6.10. The average Bonchev–Trinajstić information content (AvgIpc) is 2.46. The van der Waals surface area contributed by atoms with E-state index in [1.54, 1.807) is 6.07 Å². The van der Waals surface area contributed by atoms with Gasteiger partial charge in [-0.1, -0.05) is 43.1 Å². The van der Waals surface area contributed by atoms with Crippen LogP contribution in [0.15, 0.2) is 18.2 Å². The minimum Gasteiger partial charge on any atom is -0.478 e. The van der Waals surface area contributed by atoms with Crippen molar-refractivity contribution in [3.63, 3.8) is 0 Å². The molecule has 0 saturated carbocycles. The summed E-state index contributed by atoms with van der Waals surface area (Å²) in [5, 5.41) is 5.18. The predicted molar refractivity (Wildman–Crippen MR) is 95.5 cm³/mol. The second-order valence-corrected chi connectivity index (χ2v) is 6.89. The molecular weight excluding hydrogens is 325 g/mol. The molecule has 1 aromatic carbocycles. The third kappa shape index (κ3) is 6.11. The number of rotatable bonds is 7. The van der Waals surface area contributed by atoms with Crippen LogP contribution in [0.3, 0.4) is 0 Å². The SMILES string of the molecule is CCC(=S)OC(CNC(C)(C)CC)c1ccc(Cl)c(Cl)c1. The summed E-state index contributed by atoms with van der Waals surface area (Å²) in [6.45, 7) is 9.13. The lowest BCUT2D eigenvalue weighted by molar-refractivity contribution is 0.173. The Morgan fingerprint density at radius 1 is 1.29 bits per heavy atom. The van der Waals surface area contributed by atoms with E-state index in [1.165, 1.54) is 0 Å². The van der Waals surface area contributed by atoms with Gasteiger partial charge in [0, 0.05) is 18.5 Å². The summed E-state index contributed by atoms with van der Waals surface area (Å²) >= 11 is 17.3. The molecule has 21 heavy (non-hydrogen) atoms. The van der Waals surface area contributed by atoms with Crippen LogP contribution in [-0.4, -0.2) is 17.1 Å². The normalized spacial score (nSPS) is 13.0. The molecule has 118 valence electrons. The van der Waals surface area contributed by atoms with E-state index >= 15 is 0 Å². The van der Waals surface area contributed by atoms with Crippen molar-refractivity contribution < 1.29 is 4.74 Å². The molecule has 0 radical (unpaired) electrons. The molecule has 0 aromatic heterocycles. The fourth-order valence-electron chi connectivity index (χ4n) is 1.68. The first-order chi connectivity index (χ1) is 9.79. The number of hydrogen-bond donors (Lipinski definition) is 1. The Morgan fingerprint density at radius 3 is 2.48 bits per heavy atom. The van der Waals surface area contributed by atoms with E-state index in [4.69, 9.17) is 40.2 Å². The van der Waals surface area contributed by atoms with Crippen LogP contribution in [-0.2, 0) is 4.74 Å². The zero-order chi connectivity index (χ0) is 16.0. The highest BCUT2D eigenvalue weighted by atomic mass is 35.5. The second kappa shape index (κ2) is 8.33. The highest BCUT2D eigenvalue weighted by Gasteiger charge is 2.20. The van der Waals surface area contributed by atoms with Crippen LogP contribution in [0.5, 0.6) is 0 Å². The number of ether oxygens (including phenoxy) is 1. The van der Waals surface area contributed by atoms with Crippen LogP contribution in [0, 0.1) is 0 Å². The molecule has 1 unspecified atom stereocenters. The highest BCUT2D eigenvalue weighted by molar-refractivity contribution is 7.80. The maximum absolute atomic E-state index is 6.10. The first-order valence-corrected chi connectivity index (χ1v) is 8.35. The summed E-state index contributed by atoms with van der Waals surface area (Å²) in [6.07, 6.45) is 1.57. The van der Waals surface area contributed by atoms with Gasteiger partial charge in [-0.25, -0.2) is 0 Å². The number of nitrogens with one attached hydrogen (secondary N) is 1. The molecule has 1 aromatic rings. The van der Waals surface area contributed by atoms with E-state index < -0.39 is 0 Å². The molecule has 0 amide bonds. The summed E-state index contributed by atoms with van der Waals surface area (Å²) in [6, 6.07) is 5.56. The first kappa shape index (κ1) is 18.7. The number of hydrogen-bond acceptors (Lipinski definition) is 3. The van der Waals surface area contributed by atoms with Crippen molar-refractivity contribution in [2.75, 3.05) is 6.54 Å². The monoisotopic (exact) mass is 347 g/mol. The third-order valence-corrected chi connectivity index (χ3v) is 4.65. The lowest BCUT2D eigenvalue weighted by Gasteiger charge is -2.28. The van der Waals surface area contributed by atoms with E-state index in [0.717, 1.165) is 12.0 Å². The van der Waals surface area contributed by atoms with Gasteiger partial charge in [-0.2, -0.15) is 0 Å². The second-order valence-electron chi connectivity index (χ2n) is 5.62. The quantitative estimate of drug-likeness (QED) is 0.651. The van der Waals surface area contributed by atoms with Crippen molar-refractivity contribution in [3.8, 4) is 0 Å². The third-order valence-electron chi connectivity index (χ3n) is 3.53. The minimum atomic E-state index is -0.168. The fourth-order valence-corrected chi connectivity index (χ4v) is 2.10. The van der Waals surface area contributed by atoms with Gasteiger partial charge in [0.1, 0.15) is 6.10 Å². The molecule has 1 atom stereocenters. The number of thiocarbonyl (C=S) groups is 1. The molecule has 0 aliphatic heterocycles. The molecule has 1 rings (SSSR count). The number of halogens is 2. The lowest BCUT2D eigenvalue weighted by atomic mass is 10.0. The molecule has 2 nitrogen and oxygen atoms in total. The molecule has 0 fully saturated rings. The lowest BCUT2D eigenvalue weighted by Crippen LogP contribution is -2.41. The Bertz CT molecular complexity index is 491. The van der Waals surface area contributed by atoms with E-state index in [1.807, 2.05) is 19.1 Å². The van der Waals surface area contributed by atoms with Gasteiger partial charge >= 0.3 is 0 Å². The van der Waals surface area contributed by atoms with Crippen LogP contribution >= 0.6 is 35.4 Å². The minimum absolute atomic E-state index is 0.0473. The summed E-state index contributed by atoms with van der Waals surface area (Å²) < 4.78 is 5.89. The summed E-state index contributed by atoms with van der Waals surface area (Å²) in [7, 11) is 0. The Kier molecular flexibility index (Phi) is 7.41. The average molecular weight is 348 g/mol. The van der Waals surface area contributed by atoms with E-state index in [9.17, 15) is 0 Å². The van der Waals surface area contributed by atoms with Gasteiger partial charge in [-0.3, -0.25) is 0 Å². The molecule has 1 N–H and O–H groups in total. The molecule has 0 saturated heterocycles. The Balaban J connectivity index is 2.90. The molecule has 0 heterocycles. The molecule has 0 aliphatic rings. The molecule has 0 spiro atoms. The van der Waals surface area contributed by atoms with Gasteiger partial charge in [0.05, 0.1) is 10.0 Å². The van der Waals surface area contributed by atoms with Gasteiger partial charge in [0.25, 0.3) is 0 Å². The molecular formula is C16H23Cl2NOS. The summed E-state index contributed by atoms with van der Waals surface area (Å²) in [5.41, 5.74) is 1.02. The Labute approximate surface area is 143 Å². The van der Waals surface area contributed by atoms with Gasteiger partial charge in [-0.15, -0.1) is 0 Å². The molecule has 5 heteroatoms. The van der Waals surface area contributed by atoms with Gasteiger partial charge < -0.3 is 10.1 Å². The van der Waals surface area contributed by atoms with Gasteiger partial charge in [0.15, 0.2) is 5.05 Å². The van der Waals surface area contributed by atoms with E-state index in [2.05, 4.69) is 26.1 Å². The van der Waals surface area contributed by atoms with Gasteiger partial charge in [-0.05, 0) is 50.2 Å². The van der Waals surface area contributed by atoms with E-state index in [-0.39, 0.29) is 11.6 Å². The van der Waals surface area contributed by atoms with Crippen molar-refractivity contribution in [1.82, 2.24) is 5.32 Å². The molecule has 0 aliphatic carbocycles. The topological polar surface area (TPSA) is 21.3 Å². The number of benzene rings is 1. The van der Waals surface area contributed by atoms with Crippen LogP contribution < -0.4 is 5.32 Å². The van der Waals surface area contributed by atoms with Crippen molar-refractivity contribution in [2.24, 2.45) is 0 Å². The first-order valence-electron chi connectivity index (χ1n) is 7.18. The zero-order valence-corrected chi connectivity index (χ0v) is 15.3. The van der Waals surface area contributed by atoms with Crippen LogP contribution in [0.25, 0.3) is 0 Å². The summed E-state index contributed by atoms with van der Waals surface area (Å²) in [5.74, 6) is 0. The fraction of sp³-hybridized carbons (Fsp3) is 0.562. The van der Waals surface area contributed by atoms with Crippen molar-refractivity contribution in [1.29, 1.82) is 0 Å². The Hall–Kier alpha value is -0.350. The molecule has 0 bridgehead atoms. The largest absolute Gasteiger partial charge is 0.478 e.